The number of amides is 2. The average Bonchev–Trinajstić information content (AvgIpc) is 3.63. The summed E-state index contributed by atoms with van der Waals surface area (Å²) in [5.41, 5.74) is 7.60. The van der Waals surface area contributed by atoms with E-state index in [2.05, 4.69) is 30.4 Å². The molecule has 12 nitrogen and oxygen atoms in total. The summed E-state index contributed by atoms with van der Waals surface area (Å²) in [6, 6.07) is 22.5. The molecular weight excluding hydrogens is 550 g/mol. The molecule has 218 valence electrons. The van der Waals surface area contributed by atoms with Crippen LogP contribution in [0.2, 0.25) is 0 Å². The quantitative estimate of drug-likeness (QED) is 0.118. The van der Waals surface area contributed by atoms with E-state index in [-0.39, 0.29) is 18.7 Å². The van der Waals surface area contributed by atoms with Crippen LogP contribution in [0, 0.1) is 17.0 Å². The molecular formula is C31H29N7O5. The number of nitro groups is 1. The molecule has 0 spiro atoms. The van der Waals surface area contributed by atoms with Gasteiger partial charge in [-0.05, 0) is 24.1 Å². The van der Waals surface area contributed by atoms with E-state index in [1.165, 1.54) is 18.5 Å². The van der Waals surface area contributed by atoms with Crippen LogP contribution in [0.25, 0.3) is 10.9 Å². The van der Waals surface area contributed by atoms with E-state index in [1.54, 1.807) is 24.5 Å². The SMILES string of the molecule is Cc1c(/C=N\NC(=O)[C@@H](Cc2cnc[nH]2)NC(=O)OCc2ccccc2)c2ccccc2n1Cc1ccc([N+](=O)[O-])cc1. The first kappa shape index (κ1) is 28.7. The molecule has 0 bridgehead atoms. The number of ether oxygens (including phenoxy) is 1. The van der Waals surface area contributed by atoms with Gasteiger partial charge in [-0.15, -0.1) is 0 Å². The topological polar surface area (TPSA) is 157 Å². The van der Waals surface area contributed by atoms with E-state index in [0.717, 1.165) is 33.3 Å². The number of non-ortho nitro benzene ring substituents is 1. The normalized spacial score (nSPS) is 11.8. The molecule has 0 aliphatic carbocycles. The van der Waals surface area contributed by atoms with Gasteiger partial charge in [0.15, 0.2) is 0 Å². The smallest absolute Gasteiger partial charge is 0.408 e. The van der Waals surface area contributed by atoms with Crippen molar-refractivity contribution in [2.45, 2.75) is 32.5 Å². The third-order valence-corrected chi connectivity index (χ3v) is 6.94. The van der Waals surface area contributed by atoms with Crippen molar-refractivity contribution < 1.29 is 19.2 Å². The highest BCUT2D eigenvalue weighted by molar-refractivity contribution is 6.01. The summed E-state index contributed by atoms with van der Waals surface area (Å²) in [4.78, 5) is 43.2. The van der Waals surface area contributed by atoms with Crippen LogP contribution in [-0.2, 0) is 29.1 Å². The van der Waals surface area contributed by atoms with Crippen molar-refractivity contribution in [1.82, 2.24) is 25.3 Å². The Labute approximate surface area is 246 Å². The summed E-state index contributed by atoms with van der Waals surface area (Å²) >= 11 is 0. The highest BCUT2D eigenvalue weighted by Gasteiger charge is 2.23. The summed E-state index contributed by atoms with van der Waals surface area (Å²) in [6.07, 6.45) is 4.05. The van der Waals surface area contributed by atoms with Gasteiger partial charge in [-0.2, -0.15) is 5.10 Å². The number of hydrazone groups is 1. The van der Waals surface area contributed by atoms with Gasteiger partial charge in [0.2, 0.25) is 0 Å². The number of hydrogen-bond acceptors (Lipinski definition) is 7. The van der Waals surface area contributed by atoms with Crippen molar-refractivity contribution >= 4 is 34.8 Å². The number of alkyl carbamates (subject to hydrolysis) is 1. The van der Waals surface area contributed by atoms with Crippen LogP contribution in [0.5, 0.6) is 0 Å². The van der Waals surface area contributed by atoms with Gasteiger partial charge in [0.1, 0.15) is 12.6 Å². The van der Waals surface area contributed by atoms with Crippen molar-refractivity contribution in [3.63, 3.8) is 0 Å². The lowest BCUT2D eigenvalue weighted by Crippen LogP contribution is -2.47. The van der Waals surface area contributed by atoms with E-state index in [0.29, 0.717) is 12.2 Å². The zero-order valence-corrected chi connectivity index (χ0v) is 23.3. The summed E-state index contributed by atoms with van der Waals surface area (Å²) in [6.45, 7) is 2.50. The standard InChI is InChI=1S/C31H29N7O5/c1-21-27(26-9-5-6-10-29(26)37(21)18-22-11-13-25(14-12-22)38(41)42)17-34-36-30(39)28(15-24-16-32-20-33-24)35-31(40)43-19-23-7-3-2-4-8-23/h2-14,16-17,20,28H,15,18-19H2,1H3,(H,32,33)(H,35,40)(H,36,39)/b34-17-/t28-/m1/s1. The molecule has 0 aliphatic heterocycles. The molecule has 2 amide bonds. The fourth-order valence-electron chi connectivity index (χ4n) is 4.70. The van der Waals surface area contributed by atoms with E-state index in [1.807, 2.05) is 61.5 Å². The Morgan fingerprint density at radius 1 is 1.07 bits per heavy atom. The van der Waals surface area contributed by atoms with Crippen LogP contribution in [0.1, 0.15) is 28.1 Å². The van der Waals surface area contributed by atoms with Gasteiger partial charge < -0.3 is 19.6 Å². The second-order valence-corrected chi connectivity index (χ2v) is 9.80. The molecule has 0 aliphatic rings. The lowest BCUT2D eigenvalue weighted by atomic mass is 10.1. The minimum Gasteiger partial charge on any atom is -0.445 e. The van der Waals surface area contributed by atoms with Gasteiger partial charge in [-0.25, -0.2) is 15.2 Å². The maximum atomic E-state index is 13.2. The molecule has 0 unspecified atom stereocenters. The second kappa shape index (κ2) is 13.3. The van der Waals surface area contributed by atoms with Crippen LogP contribution in [0.3, 0.4) is 0 Å². The Hall–Kier alpha value is -5.78. The third kappa shape index (κ3) is 7.11. The largest absolute Gasteiger partial charge is 0.445 e. The molecule has 2 heterocycles. The van der Waals surface area contributed by atoms with Crippen LogP contribution in [0.4, 0.5) is 10.5 Å². The molecule has 2 aromatic heterocycles. The Kier molecular flexibility index (Phi) is 8.86. The first-order chi connectivity index (χ1) is 20.9. The molecule has 0 saturated carbocycles. The molecule has 0 fully saturated rings. The predicted molar refractivity (Wildman–Crippen MR) is 160 cm³/mol. The minimum absolute atomic E-state index is 0.0335. The molecule has 5 aromatic rings. The van der Waals surface area contributed by atoms with Crippen molar-refractivity contribution in [2.24, 2.45) is 5.10 Å². The molecule has 0 radical (unpaired) electrons. The summed E-state index contributed by atoms with van der Waals surface area (Å²) < 4.78 is 7.39. The van der Waals surface area contributed by atoms with Gasteiger partial charge in [0, 0.05) is 59.1 Å². The van der Waals surface area contributed by atoms with Gasteiger partial charge in [0.25, 0.3) is 11.6 Å². The number of nitrogens with zero attached hydrogens (tertiary/aromatic N) is 4. The van der Waals surface area contributed by atoms with E-state index < -0.39 is 23.0 Å². The van der Waals surface area contributed by atoms with Crippen LogP contribution in [0.15, 0.2) is 96.5 Å². The zero-order valence-electron chi connectivity index (χ0n) is 23.3. The number of hydrogen-bond donors (Lipinski definition) is 3. The zero-order chi connectivity index (χ0) is 30.2. The number of H-pyrrole nitrogens is 1. The second-order valence-electron chi connectivity index (χ2n) is 9.80. The first-order valence-corrected chi connectivity index (χ1v) is 13.5. The highest BCUT2D eigenvalue weighted by atomic mass is 16.6. The number of imidazole rings is 1. The third-order valence-electron chi connectivity index (χ3n) is 6.94. The number of nitro benzene ring substituents is 1. The maximum absolute atomic E-state index is 13.2. The maximum Gasteiger partial charge on any atom is 0.408 e. The Balaban J connectivity index is 1.30. The number of benzene rings is 3. The minimum atomic E-state index is -0.981. The number of rotatable bonds is 11. The van der Waals surface area contributed by atoms with Gasteiger partial charge in [0.05, 0.1) is 17.5 Å². The lowest BCUT2D eigenvalue weighted by molar-refractivity contribution is -0.384. The predicted octanol–water partition coefficient (Wildman–Crippen LogP) is 4.62. The fourth-order valence-corrected chi connectivity index (χ4v) is 4.70. The lowest BCUT2D eigenvalue weighted by Gasteiger charge is -2.16. The number of aromatic amines is 1. The monoisotopic (exact) mass is 579 g/mol. The van der Waals surface area contributed by atoms with Crippen molar-refractivity contribution in [2.75, 3.05) is 0 Å². The molecule has 3 aromatic carbocycles. The summed E-state index contributed by atoms with van der Waals surface area (Å²) in [5.74, 6) is -0.533. The Morgan fingerprint density at radius 3 is 2.53 bits per heavy atom. The van der Waals surface area contributed by atoms with Crippen molar-refractivity contribution in [1.29, 1.82) is 0 Å². The first-order valence-electron chi connectivity index (χ1n) is 13.5. The Morgan fingerprint density at radius 2 is 1.81 bits per heavy atom. The number of carbonyl (C=O) groups is 2. The van der Waals surface area contributed by atoms with E-state index in [4.69, 9.17) is 4.74 Å². The molecule has 1 atom stereocenters. The number of nitrogens with one attached hydrogen (secondary N) is 3. The molecule has 3 N–H and O–H groups in total. The highest BCUT2D eigenvalue weighted by Crippen LogP contribution is 2.26. The summed E-state index contributed by atoms with van der Waals surface area (Å²) in [5, 5.41) is 18.8. The van der Waals surface area contributed by atoms with E-state index in [9.17, 15) is 19.7 Å². The number of fused-ring (bicyclic) bond motifs is 1. The van der Waals surface area contributed by atoms with Crippen molar-refractivity contribution in [3.8, 4) is 0 Å². The van der Waals surface area contributed by atoms with Crippen LogP contribution < -0.4 is 10.7 Å². The van der Waals surface area contributed by atoms with Crippen molar-refractivity contribution in [3.05, 3.63) is 130 Å². The molecule has 0 saturated heterocycles. The van der Waals surface area contributed by atoms with Gasteiger partial charge in [-0.3, -0.25) is 14.9 Å². The molecule has 43 heavy (non-hydrogen) atoms. The van der Waals surface area contributed by atoms with Crippen LogP contribution >= 0.6 is 0 Å². The van der Waals surface area contributed by atoms with Gasteiger partial charge >= 0.3 is 6.09 Å². The molecule has 5 rings (SSSR count). The number of para-hydroxylation sites is 1. The molecule has 12 heteroatoms. The number of carbonyl (C=O) groups excluding carboxylic acids is 2. The van der Waals surface area contributed by atoms with E-state index >= 15 is 0 Å². The average molecular weight is 580 g/mol. The Bertz CT molecular complexity index is 1750. The van der Waals surface area contributed by atoms with Gasteiger partial charge in [-0.1, -0.05) is 60.7 Å². The van der Waals surface area contributed by atoms with Crippen LogP contribution in [-0.4, -0.2) is 43.7 Å². The number of aromatic nitrogens is 3. The fraction of sp³-hybridized carbons (Fsp3) is 0.161. The summed E-state index contributed by atoms with van der Waals surface area (Å²) in [7, 11) is 0.